The minimum atomic E-state index is -0.659. The van der Waals surface area contributed by atoms with E-state index >= 15 is 0 Å². The van der Waals surface area contributed by atoms with Gasteiger partial charge in [-0.3, -0.25) is 4.79 Å². The summed E-state index contributed by atoms with van der Waals surface area (Å²) in [4.78, 5) is 26.2. The molecule has 0 radical (unpaired) electrons. The molecule has 0 saturated carbocycles. The van der Waals surface area contributed by atoms with Gasteiger partial charge in [-0.25, -0.2) is 4.79 Å². The summed E-state index contributed by atoms with van der Waals surface area (Å²) in [6.07, 6.45) is 2.85. The monoisotopic (exact) mass is 334 g/mol. The van der Waals surface area contributed by atoms with E-state index in [1.54, 1.807) is 4.90 Å². The van der Waals surface area contributed by atoms with Gasteiger partial charge in [0.25, 0.3) is 0 Å². The maximum atomic E-state index is 12.4. The molecule has 1 aromatic rings. The first-order valence-corrected chi connectivity index (χ1v) is 8.26. The second-order valence-electron chi connectivity index (χ2n) is 5.94. The summed E-state index contributed by atoms with van der Waals surface area (Å²) >= 11 is 0. The number of para-hydroxylation sites is 1. The van der Waals surface area contributed by atoms with Gasteiger partial charge in [0.1, 0.15) is 6.04 Å². The van der Waals surface area contributed by atoms with E-state index in [9.17, 15) is 9.59 Å². The smallest absolute Gasteiger partial charge is 0.319 e. The Morgan fingerprint density at radius 3 is 2.79 bits per heavy atom. The van der Waals surface area contributed by atoms with Gasteiger partial charge in [-0.05, 0) is 31.4 Å². The number of piperidine rings is 1. The Balaban J connectivity index is 1.86. The molecular weight excluding hydrogens is 308 g/mol. The molecule has 0 aromatic heterocycles. The third-order valence-electron chi connectivity index (χ3n) is 4.10. The number of nitrogens with one attached hydrogen (secondary N) is 2. The lowest BCUT2D eigenvalue weighted by Gasteiger charge is -2.37. The molecule has 0 bridgehead atoms. The van der Waals surface area contributed by atoms with Crippen LogP contribution in [-0.4, -0.2) is 55.7 Å². The minimum absolute atomic E-state index is 0.0318. The summed E-state index contributed by atoms with van der Waals surface area (Å²) in [7, 11) is 1.52. The van der Waals surface area contributed by atoms with E-state index in [1.807, 2.05) is 30.3 Å². The Morgan fingerprint density at radius 2 is 2.08 bits per heavy atom. The van der Waals surface area contributed by atoms with Crippen LogP contribution in [0.15, 0.2) is 30.3 Å². The van der Waals surface area contributed by atoms with E-state index in [-0.39, 0.29) is 24.6 Å². The summed E-state index contributed by atoms with van der Waals surface area (Å²) in [5, 5.41) is 5.61. The first-order valence-electron chi connectivity index (χ1n) is 8.26. The standard InChI is InChI=1S/C17H26N4O3/c1-24-12-15(18)16(22)21-10-6-5-9-14(21)11-19-17(23)20-13-7-3-2-4-8-13/h2-4,7-8,14-15H,5-6,9-12,18H2,1H3,(H2,19,20,23). The normalized spacial score (nSPS) is 18.8. The summed E-state index contributed by atoms with van der Waals surface area (Å²) in [5.74, 6) is -0.119. The second kappa shape index (κ2) is 9.24. The number of amides is 3. The van der Waals surface area contributed by atoms with Gasteiger partial charge in [0, 0.05) is 31.9 Å². The number of nitrogens with two attached hydrogens (primary N) is 1. The number of benzene rings is 1. The van der Waals surface area contributed by atoms with E-state index in [0.29, 0.717) is 13.1 Å². The fraction of sp³-hybridized carbons (Fsp3) is 0.529. The van der Waals surface area contributed by atoms with Crippen molar-refractivity contribution in [1.82, 2.24) is 10.2 Å². The molecular formula is C17H26N4O3. The van der Waals surface area contributed by atoms with Crippen molar-refractivity contribution in [2.24, 2.45) is 5.73 Å². The highest BCUT2D eigenvalue weighted by atomic mass is 16.5. The van der Waals surface area contributed by atoms with Crippen LogP contribution >= 0.6 is 0 Å². The van der Waals surface area contributed by atoms with Crippen molar-refractivity contribution in [3.05, 3.63) is 30.3 Å². The number of methoxy groups -OCH3 is 1. The molecule has 1 aliphatic rings. The second-order valence-corrected chi connectivity index (χ2v) is 5.94. The summed E-state index contributed by atoms with van der Waals surface area (Å²) < 4.78 is 4.96. The van der Waals surface area contributed by atoms with Gasteiger partial charge >= 0.3 is 6.03 Å². The highest BCUT2D eigenvalue weighted by Gasteiger charge is 2.30. The zero-order valence-electron chi connectivity index (χ0n) is 14.0. The summed E-state index contributed by atoms with van der Waals surface area (Å²) in [6.45, 7) is 1.27. The van der Waals surface area contributed by atoms with Gasteiger partial charge < -0.3 is 26.0 Å². The lowest BCUT2D eigenvalue weighted by Crippen LogP contribution is -2.55. The summed E-state index contributed by atoms with van der Waals surface area (Å²) in [6, 6.07) is 8.27. The van der Waals surface area contributed by atoms with Crippen molar-refractivity contribution >= 4 is 17.6 Å². The average molecular weight is 334 g/mol. The predicted molar refractivity (Wildman–Crippen MR) is 92.7 cm³/mol. The molecule has 1 aliphatic heterocycles. The van der Waals surface area contributed by atoms with Gasteiger partial charge in [-0.1, -0.05) is 18.2 Å². The molecule has 4 N–H and O–H groups in total. The van der Waals surface area contributed by atoms with E-state index in [1.165, 1.54) is 7.11 Å². The van der Waals surface area contributed by atoms with E-state index in [2.05, 4.69) is 10.6 Å². The number of carbonyl (C=O) groups excluding carboxylic acids is 2. The molecule has 1 fully saturated rings. The first kappa shape index (κ1) is 18.2. The SMILES string of the molecule is COCC(N)C(=O)N1CCCCC1CNC(=O)Nc1ccccc1. The number of carbonyl (C=O) groups is 2. The van der Waals surface area contributed by atoms with Crippen LogP contribution in [0.1, 0.15) is 19.3 Å². The molecule has 2 unspecified atom stereocenters. The maximum absolute atomic E-state index is 12.4. The average Bonchev–Trinajstić information content (AvgIpc) is 2.60. The van der Waals surface area contributed by atoms with E-state index in [4.69, 9.17) is 10.5 Å². The number of likely N-dealkylation sites (tertiary alicyclic amines) is 1. The number of anilines is 1. The fourth-order valence-electron chi connectivity index (χ4n) is 2.87. The summed E-state index contributed by atoms with van der Waals surface area (Å²) in [5.41, 5.74) is 6.59. The molecule has 7 nitrogen and oxygen atoms in total. The van der Waals surface area contributed by atoms with Crippen molar-refractivity contribution in [3.63, 3.8) is 0 Å². The van der Waals surface area contributed by atoms with E-state index in [0.717, 1.165) is 24.9 Å². The zero-order chi connectivity index (χ0) is 17.4. The van der Waals surface area contributed by atoms with Crippen LogP contribution in [0.5, 0.6) is 0 Å². The molecule has 1 aromatic carbocycles. The lowest BCUT2D eigenvalue weighted by molar-refractivity contribution is -0.137. The van der Waals surface area contributed by atoms with Crippen molar-refractivity contribution in [2.75, 3.05) is 32.1 Å². The van der Waals surface area contributed by atoms with Gasteiger partial charge in [-0.15, -0.1) is 0 Å². The lowest BCUT2D eigenvalue weighted by atomic mass is 10.0. The fourth-order valence-corrected chi connectivity index (χ4v) is 2.87. The van der Waals surface area contributed by atoms with Gasteiger partial charge in [0.15, 0.2) is 0 Å². The Labute approximate surface area is 142 Å². The van der Waals surface area contributed by atoms with Gasteiger partial charge in [0.2, 0.25) is 5.91 Å². The Hall–Kier alpha value is -2.12. The number of urea groups is 1. The molecule has 132 valence electrons. The van der Waals surface area contributed by atoms with Crippen LogP contribution in [0.25, 0.3) is 0 Å². The van der Waals surface area contributed by atoms with E-state index < -0.39 is 6.04 Å². The molecule has 24 heavy (non-hydrogen) atoms. The number of hydrogen-bond donors (Lipinski definition) is 3. The van der Waals surface area contributed by atoms with Crippen LogP contribution in [-0.2, 0) is 9.53 Å². The third-order valence-corrected chi connectivity index (χ3v) is 4.10. The van der Waals surface area contributed by atoms with Crippen LogP contribution in [0.4, 0.5) is 10.5 Å². The molecule has 2 atom stereocenters. The van der Waals surface area contributed by atoms with Crippen LogP contribution < -0.4 is 16.4 Å². The number of nitrogens with zero attached hydrogens (tertiary/aromatic N) is 1. The third kappa shape index (κ3) is 5.21. The van der Waals surface area contributed by atoms with Crippen molar-refractivity contribution in [2.45, 2.75) is 31.3 Å². The molecule has 0 aliphatic carbocycles. The molecule has 7 heteroatoms. The van der Waals surface area contributed by atoms with Crippen molar-refractivity contribution in [1.29, 1.82) is 0 Å². The first-order chi connectivity index (χ1) is 11.6. The minimum Gasteiger partial charge on any atom is -0.383 e. The maximum Gasteiger partial charge on any atom is 0.319 e. The highest BCUT2D eigenvalue weighted by Crippen LogP contribution is 2.17. The number of rotatable bonds is 6. The predicted octanol–water partition coefficient (Wildman–Crippen LogP) is 1.16. The van der Waals surface area contributed by atoms with Gasteiger partial charge in [0.05, 0.1) is 6.61 Å². The Bertz CT molecular complexity index is 538. The molecule has 2 rings (SSSR count). The van der Waals surface area contributed by atoms with Crippen LogP contribution in [0.2, 0.25) is 0 Å². The zero-order valence-corrected chi connectivity index (χ0v) is 14.0. The van der Waals surface area contributed by atoms with Gasteiger partial charge in [-0.2, -0.15) is 0 Å². The largest absolute Gasteiger partial charge is 0.383 e. The highest BCUT2D eigenvalue weighted by molar-refractivity contribution is 5.89. The number of hydrogen-bond acceptors (Lipinski definition) is 4. The number of ether oxygens (including phenoxy) is 1. The van der Waals surface area contributed by atoms with Crippen LogP contribution in [0.3, 0.4) is 0 Å². The Morgan fingerprint density at radius 1 is 1.33 bits per heavy atom. The quantitative estimate of drug-likeness (QED) is 0.727. The van der Waals surface area contributed by atoms with Crippen molar-refractivity contribution in [3.8, 4) is 0 Å². The van der Waals surface area contributed by atoms with Crippen molar-refractivity contribution < 1.29 is 14.3 Å². The molecule has 3 amide bonds. The molecule has 1 heterocycles. The topological polar surface area (TPSA) is 96.7 Å². The Kier molecular flexibility index (Phi) is 7.02. The van der Waals surface area contributed by atoms with Crippen LogP contribution in [0, 0.1) is 0 Å². The molecule has 0 spiro atoms. The molecule has 1 saturated heterocycles.